The van der Waals surface area contributed by atoms with Crippen molar-refractivity contribution >= 4 is 17.5 Å². The molecule has 14 heteroatoms. The Morgan fingerprint density at radius 3 is 1.86 bits per heavy atom. The van der Waals surface area contributed by atoms with Gasteiger partial charge in [-0.2, -0.15) is 35.1 Å². The minimum absolute atomic E-state index is 0.0468. The molecule has 0 N–H and O–H groups in total. The van der Waals surface area contributed by atoms with E-state index in [1.807, 2.05) is 0 Å². The van der Waals surface area contributed by atoms with Gasteiger partial charge in [-0.05, 0) is 42.2 Å². The summed E-state index contributed by atoms with van der Waals surface area (Å²) in [6.07, 6.45) is -14.1. The summed E-state index contributed by atoms with van der Waals surface area (Å²) in [5, 5.41) is 10.9. The van der Waals surface area contributed by atoms with Crippen LogP contribution in [-0.2, 0) is 18.5 Å². The zero-order valence-corrected chi connectivity index (χ0v) is 22.1. The van der Waals surface area contributed by atoms with E-state index in [0.717, 1.165) is 6.92 Å². The molecule has 0 aliphatic carbocycles. The first-order chi connectivity index (χ1) is 19.8. The molecule has 0 atom stereocenters. The van der Waals surface area contributed by atoms with E-state index < -0.39 is 71.0 Å². The third kappa shape index (κ3) is 6.83. The summed E-state index contributed by atoms with van der Waals surface area (Å²) < 4.78 is 125. The van der Waals surface area contributed by atoms with Crippen molar-refractivity contribution in [3.8, 4) is 5.75 Å². The van der Waals surface area contributed by atoms with Gasteiger partial charge in [0.2, 0.25) is 0 Å². The fourth-order valence-corrected chi connectivity index (χ4v) is 4.40. The highest BCUT2D eigenvalue weighted by molar-refractivity contribution is 6.01. The van der Waals surface area contributed by atoms with Gasteiger partial charge in [-0.15, -0.1) is 0 Å². The lowest BCUT2D eigenvalue weighted by Crippen LogP contribution is -2.50. The Hall–Kier alpha value is -4.36. The van der Waals surface area contributed by atoms with E-state index in [2.05, 4.69) is 4.74 Å². The number of carbonyl (C=O) groups excluding carboxylic acids is 3. The van der Waals surface area contributed by atoms with Gasteiger partial charge in [0.1, 0.15) is 5.75 Å². The fraction of sp³-hybridized carbons (Fsp3) is 0.276. The summed E-state index contributed by atoms with van der Waals surface area (Å²) in [4.78, 5) is 36.9. The normalized spacial score (nSPS) is 12.4. The molecule has 3 aromatic rings. The number of benzene rings is 3. The zero-order chi connectivity index (χ0) is 32.5. The Morgan fingerprint density at radius 2 is 1.35 bits per heavy atom. The molecule has 0 bridgehead atoms. The van der Waals surface area contributed by atoms with Crippen molar-refractivity contribution in [3.63, 3.8) is 0 Å². The van der Waals surface area contributed by atoms with Crippen LogP contribution in [0.1, 0.15) is 58.9 Å². The number of ketones is 2. The van der Waals surface area contributed by atoms with E-state index in [1.165, 1.54) is 49.4 Å². The SMILES string of the molecule is Cc1cc(C(F)(C(F)(F)F)C(F)(F)F)cc(OC(F)F)c1CC(=O)c1cccc(CC(=O)c2ccc(C(=O)[O-])cc2)c1C. The predicted molar refractivity (Wildman–Crippen MR) is 131 cm³/mol. The van der Waals surface area contributed by atoms with Crippen molar-refractivity contribution in [2.45, 2.75) is 51.3 Å². The van der Waals surface area contributed by atoms with Gasteiger partial charge in [0.15, 0.2) is 11.6 Å². The highest BCUT2D eigenvalue weighted by Crippen LogP contribution is 2.54. The van der Waals surface area contributed by atoms with Crippen LogP contribution in [0.3, 0.4) is 0 Å². The van der Waals surface area contributed by atoms with Crippen molar-refractivity contribution in [2.24, 2.45) is 0 Å². The zero-order valence-electron chi connectivity index (χ0n) is 22.1. The molecule has 0 amide bonds. The maximum absolute atomic E-state index is 14.7. The first kappa shape index (κ1) is 33.1. The highest BCUT2D eigenvalue weighted by Gasteiger charge is 2.73. The molecule has 5 nitrogen and oxygen atoms in total. The van der Waals surface area contributed by atoms with E-state index in [4.69, 9.17) is 0 Å². The third-order valence-corrected chi connectivity index (χ3v) is 6.70. The molecule has 43 heavy (non-hydrogen) atoms. The molecule has 0 saturated heterocycles. The number of Topliss-reactive ketones (excluding diaryl/α,β-unsaturated/α-hetero) is 2. The Kier molecular flexibility index (Phi) is 9.32. The van der Waals surface area contributed by atoms with Crippen LogP contribution >= 0.6 is 0 Å². The highest BCUT2D eigenvalue weighted by atomic mass is 19.4. The van der Waals surface area contributed by atoms with Crippen LogP contribution in [0.5, 0.6) is 5.75 Å². The third-order valence-electron chi connectivity index (χ3n) is 6.70. The van der Waals surface area contributed by atoms with Gasteiger partial charge < -0.3 is 14.6 Å². The Balaban J connectivity index is 1.98. The van der Waals surface area contributed by atoms with Crippen LogP contribution in [0, 0.1) is 13.8 Å². The second-order valence-electron chi connectivity index (χ2n) is 9.46. The smallest absolute Gasteiger partial charge is 0.435 e. The summed E-state index contributed by atoms with van der Waals surface area (Å²) in [5.41, 5.74) is -8.50. The maximum atomic E-state index is 14.7. The number of halogens is 9. The molecule has 0 aliphatic rings. The van der Waals surface area contributed by atoms with Crippen LogP contribution in [0.2, 0.25) is 0 Å². The number of ether oxygens (including phenoxy) is 1. The molecule has 0 fully saturated rings. The molecule has 0 aliphatic heterocycles. The minimum Gasteiger partial charge on any atom is -0.545 e. The molecule has 0 spiro atoms. The lowest BCUT2D eigenvalue weighted by molar-refractivity contribution is -0.348. The van der Waals surface area contributed by atoms with E-state index in [0.29, 0.717) is 5.56 Å². The minimum atomic E-state index is -6.51. The maximum Gasteiger partial charge on any atom is 0.435 e. The van der Waals surface area contributed by atoms with Gasteiger partial charge in [0, 0.05) is 35.1 Å². The quantitative estimate of drug-likeness (QED) is 0.194. The molecule has 0 radical (unpaired) electrons. The standard InChI is InChI=1S/C29H21F9O5/c1-14-10-19(27(32,28(33,34)35)29(36,37)38)12-24(43-26(30)31)21(14)13-23(40)20-5-3-4-18(15(20)2)11-22(39)16-6-8-17(9-7-16)25(41)42/h3-10,12,26H,11,13H2,1-2H3,(H,41,42)/p-1. The Bertz CT molecular complexity index is 1530. The number of aromatic carboxylic acids is 1. The summed E-state index contributed by atoms with van der Waals surface area (Å²) in [7, 11) is 0. The Morgan fingerprint density at radius 1 is 0.791 bits per heavy atom. The Labute approximate surface area is 237 Å². The van der Waals surface area contributed by atoms with Crippen LogP contribution in [0.4, 0.5) is 39.5 Å². The van der Waals surface area contributed by atoms with E-state index >= 15 is 0 Å². The number of carboxylic acid groups (broad SMARTS) is 1. The topological polar surface area (TPSA) is 83.5 Å². The molecule has 0 aromatic heterocycles. The molecule has 3 rings (SSSR count). The molecule has 0 saturated carbocycles. The lowest BCUT2D eigenvalue weighted by Gasteiger charge is -2.31. The summed E-state index contributed by atoms with van der Waals surface area (Å²) in [5.74, 6) is -3.98. The molecule has 0 heterocycles. The summed E-state index contributed by atoms with van der Waals surface area (Å²) >= 11 is 0. The van der Waals surface area contributed by atoms with E-state index in [-0.39, 0.29) is 40.8 Å². The number of hydrogen-bond donors (Lipinski definition) is 0. The fourth-order valence-electron chi connectivity index (χ4n) is 4.40. The number of carboxylic acids is 1. The number of rotatable bonds is 10. The number of hydrogen-bond acceptors (Lipinski definition) is 5. The van der Waals surface area contributed by atoms with Crippen LogP contribution in [0.25, 0.3) is 0 Å². The second-order valence-corrected chi connectivity index (χ2v) is 9.46. The van der Waals surface area contributed by atoms with E-state index in [9.17, 15) is 59.0 Å². The predicted octanol–water partition coefficient (Wildman–Crippen LogP) is 6.41. The number of carbonyl (C=O) groups is 3. The van der Waals surface area contributed by atoms with Crippen molar-refractivity contribution < 1.29 is 63.7 Å². The van der Waals surface area contributed by atoms with Crippen LogP contribution in [-0.4, -0.2) is 36.5 Å². The average molecular weight is 619 g/mol. The largest absolute Gasteiger partial charge is 0.545 e. The van der Waals surface area contributed by atoms with Crippen molar-refractivity contribution in [3.05, 3.63) is 99.1 Å². The van der Waals surface area contributed by atoms with E-state index in [1.54, 1.807) is 0 Å². The van der Waals surface area contributed by atoms with Crippen molar-refractivity contribution in [1.29, 1.82) is 0 Å². The molecule has 0 unspecified atom stereocenters. The summed E-state index contributed by atoms with van der Waals surface area (Å²) in [6, 6.07) is 9.05. The van der Waals surface area contributed by atoms with Gasteiger partial charge in [-0.1, -0.05) is 48.5 Å². The first-order valence-corrected chi connectivity index (χ1v) is 12.1. The second kappa shape index (κ2) is 12.1. The first-order valence-electron chi connectivity index (χ1n) is 12.1. The molecule has 3 aromatic carbocycles. The monoisotopic (exact) mass is 619 g/mol. The number of aryl methyl sites for hydroxylation is 1. The number of alkyl halides is 9. The van der Waals surface area contributed by atoms with Gasteiger partial charge in [0.05, 0.1) is 5.97 Å². The van der Waals surface area contributed by atoms with Crippen molar-refractivity contribution in [1.82, 2.24) is 0 Å². The average Bonchev–Trinajstić information content (AvgIpc) is 2.89. The van der Waals surface area contributed by atoms with Gasteiger partial charge >= 0.3 is 24.6 Å². The summed E-state index contributed by atoms with van der Waals surface area (Å²) in [6.45, 7) is -1.39. The molecular formula is C29H20F9O5-. The molecular weight excluding hydrogens is 599 g/mol. The van der Waals surface area contributed by atoms with Gasteiger partial charge in [-0.3, -0.25) is 9.59 Å². The van der Waals surface area contributed by atoms with Crippen LogP contribution < -0.4 is 9.84 Å². The van der Waals surface area contributed by atoms with Gasteiger partial charge in [-0.25, -0.2) is 4.39 Å². The van der Waals surface area contributed by atoms with Gasteiger partial charge in [0.25, 0.3) is 0 Å². The van der Waals surface area contributed by atoms with Crippen LogP contribution in [0.15, 0.2) is 54.6 Å². The van der Waals surface area contributed by atoms with Crippen molar-refractivity contribution in [2.75, 3.05) is 0 Å². The lowest BCUT2D eigenvalue weighted by atomic mass is 9.88. The molecule has 230 valence electrons.